The minimum Gasteiger partial charge on any atom is -0.511 e. The number of aliphatic hydroxyl groups excluding tert-OH is 1. The summed E-state index contributed by atoms with van der Waals surface area (Å²) in [6, 6.07) is 8.83. The first-order valence-corrected chi connectivity index (χ1v) is 5.89. The molecule has 5 heteroatoms. The molecule has 19 heavy (non-hydrogen) atoms. The van der Waals surface area contributed by atoms with Gasteiger partial charge in [-0.15, -0.1) is 0 Å². The molecule has 102 valence electrons. The van der Waals surface area contributed by atoms with Crippen LogP contribution in [0.3, 0.4) is 0 Å². The average molecular weight is 263 g/mol. The second kappa shape index (κ2) is 6.58. The van der Waals surface area contributed by atoms with Crippen LogP contribution in [0.5, 0.6) is 0 Å². The third kappa shape index (κ3) is 3.58. The van der Waals surface area contributed by atoms with Crippen molar-refractivity contribution in [2.75, 3.05) is 18.6 Å². The highest BCUT2D eigenvalue weighted by molar-refractivity contribution is 6.22. The van der Waals surface area contributed by atoms with Crippen molar-refractivity contribution in [2.45, 2.75) is 13.8 Å². The topological polar surface area (TPSA) is 66.8 Å². The molecule has 0 aliphatic rings. The molecule has 0 bridgehead atoms. The predicted octanol–water partition coefficient (Wildman–Crippen LogP) is 2.04. The third-order valence-electron chi connectivity index (χ3n) is 2.50. The molecule has 0 spiro atoms. The zero-order valence-corrected chi connectivity index (χ0v) is 11.2. The zero-order valence-electron chi connectivity index (χ0n) is 11.2. The van der Waals surface area contributed by atoms with E-state index in [2.05, 4.69) is 0 Å². The molecular formula is C14H17NO4. The first kappa shape index (κ1) is 14.8. The Balaban J connectivity index is 3.03. The smallest absolute Gasteiger partial charge is 0.347 e. The molecule has 0 unspecified atom stereocenters. The lowest BCUT2D eigenvalue weighted by molar-refractivity contribution is -0.140. The fourth-order valence-corrected chi connectivity index (χ4v) is 1.53. The van der Waals surface area contributed by atoms with E-state index in [4.69, 9.17) is 4.74 Å². The highest BCUT2D eigenvalue weighted by Crippen LogP contribution is 2.16. The number of amides is 1. The summed E-state index contributed by atoms with van der Waals surface area (Å²) in [6.45, 7) is 3.05. The maximum Gasteiger partial charge on any atom is 0.347 e. The first-order valence-electron chi connectivity index (χ1n) is 5.89. The van der Waals surface area contributed by atoms with E-state index in [1.165, 1.54) is 18.9 Å². The molecule has 0 radical (unpaired) electrons. The van der Waals surface area contributed by atoms with Crippen LogP contribution in [0.25, 0.3) is 0 Å². The van der Waals surface area contributed by atoms with Gasteiger partial charge in [0.05, 0.1) is 6.61 Å². The number of rotatable bonds is 4. The van der Waals surface area contributed by atoms with E-state index in [1.54, 1.807) is 31.2 Å². The molecule has 0 atom stereocenters. The number of aliphatic hydroxyl groups is 1. The fraction of sp³-hybridized carbons (Fsp3) is 0.286. The van der Waals surface area contributed by atoms with Gasteiger partial charge >= 0.3 is 5.97 Å². The maximum absolute atomic E-state index is 12.2. The summed E-state index contributed by atoms with van der Waals surface area (Å²) in [4.78, 5) is 25.2. The van der Waals surface area contributed by atoms with Gasteiger partial charge in [0, 0.05) is 12.7 Å². The van der Waals surface area contributed by atoms with Gasteiger partial charge in [0.25, 0.3) is 5.91 Å². The molecule has 0 aliphatic heterocycles. The van der Waals surface area contributed by atoms with Gasteiger partial charge in [-0.05, 0) is 26.0 Å². The number of hydrogen-bond donors (Lipinski definition) is 1. The second-order valence-electron chi connectivity index (χ2n) is 3.88. The molecule has 0 aromatic heterocycles. The quantitative estimate of drug-likeness (QED) is 0.297. The monoisotopic (exact) mass is 263 g/mol. The third-order valence-corrected chi connectivity index (χ3v) is 2.50. The van der Waals surface area contributed by atoms with Crippen LogP contribution in [-0.4, -0.2) is 30.6 Å². The van der Waals surface area contributed by atoms with E-state index in [1.807, 2.05) is 6.07 Å². The van der Waals surface area contributed by atoms with E-state index in [-0.39, 0.29) is 17.9 Å². The van der Waals surface area contributed by atoms with Crippen LogP contribution in [0.4, 0.5) is 5.69 Å². The molecule has 1 aromatic rings. The minimum absolute atomic E-state index is 0.137. The molecule has 0 aliphatic carbocycles. The van der Waals surface area contributed by atoms with Crippen LogP contribution in [0, 0.1) is 0 Å². The van der Waals surface area contributed by atoms with Crippen molar-refractivity contribution in [3.63, 3.8) is 0 Å². The Morgan fingerprint density at radius 3 is 2.32 bits per heavy atom. The number of hydrogen-bond acceptors (Lipinski definition) is 4. The summed E-state index contributed by atoms with van der Waals surface area (Å²) in [5.74, 6) is -1.79. The van der Waals surface area contributed by atoms with Crippen LogP contribution < -0.4 is 4.90 Å². The van der Waals surface area contributed by atoms with Gasteiger partial charge in [0.1, 0.15) is 5.76 Å². The van der Waals surface area contributed by atoms with Crippen molar-refractivity contribution in [2.24, 2.45) is 0 Å². The van der Waals surface area contributed by atoms with Crippen molar-refractivity contribution in [3.8, 4) is 0 Å². The van der Waals surface area contributed by atoms with Gasteiger partial charge in [-0.3, -0.25) is 4.79 Å². The maximum atomic E-state index is 12.2. The zero-order chi connectivity index (χ0) is 14.4. The lowest BCUT2D eigenvalue weighted by Crippen LogP contribution is -2.32. The van der Waals surface area contributed by atoms with Crippen LogP contribution in [0.2, 0.25) is 0 Å². The Bertz CT molecular complexity index is 489. The highest BCUT2D eigenvalue weighted by atomic mass is 16.5. The number of carbonyl (C=O) groups is 2. The van der Waals surface area contributed by atoms with Gasteiger partial charge < -0.3 is 14.7 Å². The van der Waals surface area contributed by atoms with Gasteiger partial charge in [-0.25, -0.2) is 4.79 Å². The van der Waals surface area contributed by atoms with Crippen molar-refractivity contribution in [1.29, 1.82) is 0 Å². The Labute approximate surface area is 112 Å². The number of ether oxygens (including phenoxy) is 1. The van der Waals surface area contributed by atoms with E-state index >= 15 is 0 Å². The summed E-state index contributed by atoms with van der Waals surface area (Å²) < 4.78 is 4.77. The number of benzene rings is 1. The van der Waals surface area contributed by atoms with Crippen LogP contribution in [-0.2, 0) is 14.3 Å². The molecule has 0 heterocycles. The van der Waals surface area contributed by atoms with Gasteiger partial charge in [0.15, 0.2) is 5.57 Å². The number of carbonyl (C=O) groups excluding carboxylic acids is 2. The van der Waals surface area contributed by atoms with Gasteiger partial charge in [-0.2, -0.15) is 0 Å². The van der Waals surface area contributed by atoms with E-state index < -0.39 is 11.9 Å². The van der Waals surface area contributed by atoms with Crippen molar-refractivity contribution in [3.05, 3.63) is 41.7 Å². The number of likely N-dealkylation sites (N-methyl/N-ethyl adjacent to an activating group) is 1. The normalized spacial score (nSPS) is 11.5. The molecule has 5 nitrogen and oxygen atoms in total. The minimum atomic E-state index is -0.824. The molecule has 1 rings (SSSR count). The molecular weight excluding hydrogens is 246 g/mol. The lowest BCUT2D eigenvalue weighted by atomic mass is 10.2. The van der Waals surface area contributed by atoms with E-state index in [0.29, 0.717) is 5.69 Å². The summed E-state index contributed by atoms with van der Waals surface area (Å²) in [5, 5.41) is 9.51. The van der Waals surface area contributed by atoms with Crippen molar-refractivity contribution >= 4 is 17.6 Å². The molecule has 0 saturated carbocycles. The van der Waals surface area contributed by atoms with Crippen LogP contribution in [0.15, 0.2) is 41.7 Å². The average Bonchev–Trinajstić information content (AvgIpc) is 2.38. The second-order valence-corrected chi connectivity index (χ2v) is 3.88. The molecule has 0 fully saturated rings. The van der Waals surface area contributed by atoms with Crippen LogP contribution >= 0.6 is 0 Å². The predicted molar refractivity (Wildman–Crippen MR) is 71.8 cm³/mol. The lowest BCUT2D eigenvalue weighted by Gasteiger charge is -2.18. The standard InChI is InChI=1S/C14H17NO4/c1-4-19-14(18)12(10(2)16)13(17)15(3)11-8-6-5-7-9-11/h5-9,16H,4H2,1-3H3/b12-10+. The number of esters is 1. The molecule has 1 amide bonds. The molecule has 1 N–H and O–H groups in total. The number of anilines is 1. The molecule has 1 aromatic carbocycles. The molecule has 0 saturated heterocycles. The summed E-state index contributed by atoms with van der Waals surface area (Å²) >= 11 is 0. The Morgan fingerprint density at radius 1 is 1.26 bits per heavy atom. The van der Waals surface area contributed by atoms with Crippen molar-refractivity contribution in [1.82, 2.24) is 0 Å². The SMILES string of the molecule is CCOC(=O)/C(C(=O)N(C)c1ccccc1)=C(\C)O. The summed E-state index contributed by atoms with van der Waals surface area (Å²) in [7, 11) is 1.53. The fourth-order valence-electron chi connectivity index (χ4n) is 1.53. The highest BCUT2D eigenvalue weighted by Gasteiger charge is 2.26. The van der Waals surface area contributed by atoms with Gasteiger partial charge in [-0.1, -0.05) is 18.2 Å². The number of nitrogens with zero attached hydrogens (tertiary/aromatic N) is 1. The summed E-state index contributed by atoms with van der Waals surface area (Å²) in [6.07, 6.45) is 0. The first-order chi connectivity index (χ1) is 8.99. The van der Waals surface area contributed by atoms with Crippen molar-refractivity contribution < 1.29 is 19.4 Å². The number of para-hydroxylation sites is 1. The van der Waals surface area contributed by atoms with Gasteiger partial charge in [0.2, 0.25) is 0 Å². The Hall–Kier alpha value is -2.30. The van der Waals surface area contributed by atoms with E-state index in [9.17, 15) is 14.7 Å². The van der Waals surface area contributed by atoms with Crippen LogP contribution in [0.1, 0.15) is 13.8 Å². The Morgan fingerprint density at radius 2 is 1.84 bits per heavy atom. The van der Waals surface area contributed by atoms with E-state index in [0.717, 1.165) is 0 Å². The summed E-state index contributed by atoms with van der Waals surface area (Å²) in [5.41, 5.74) is 0.267. The Kier molecular flexibility index (Phi) is 5.11. The largest absolute Gasteiger partial charge is 0.511 e. The number of allylic oxidation sites excluding steroid dienone is 1.